The summed E-state index contributed by atoms with van der Waals surface area (Å²) in [5, 5.41) is 8.70. The number of urea groups is 1. The molecule has 1 saturated heterocycles. The van der Waals surface area contributed by atoms with Gasteiger partial charge in [-0.15, -0.1) is 11.3 Å². The molecule has 2 aliphatic rings. The van der Waals surface area contributed by atoms with Crippen molar-refractivity contribution in [2.45, 2.75) is 38.3 Å². The fourth-order valence-corrected chi connectivity index (χ4v) is 4.33. The predicted octanol–water partition coefficient (Wildman–Crippen LogP) is 2.33. The minimum absolute atomic E-state index is 0.118. The predicted molar refractivity (Wildman–Crippen MR) is 79.3 cm³/mol. The van der Waals surface area contributed by atoms with Crippen molar-refractivity contribution in [1.29, 1.82) is 0 Å². The van der Waals surface area contributed by atoms with Crippen LogP contribution < -0.4 is 5.32 Å². The second-order valence-corrected chi connectivity index (χ2v) is 6.77. The van der Waals surface area contributed by atoms with Gasteiger partial charge in [0.05, 0.1) is 12.2 Å². The van der Waals surface area contributed by atoms with E-state index in [4.69, 9.17) is 4.52 Å². The Morgan fingerprint density at radius 3 is 3.14 bits per heavy atom. The van der Waals surface area contributed by atoms with Crippen molar-refractivity contribution >= 4 is 23.3 Å². The van der Waals surface area contributed by atoms with Crippen LogP contribution in [0.3, 0.4) is 0 Å². The van der Waals surface area contributed by atoms with Crippen LogP contribution in [0.5, 0.6) is 0 Å². The number of hydrogen-bond donors (Lipinski definition) is 1. The lowest BCUT2D eigenvalue weighted by atomic mass is 9.80. The lowest BCUT2D eigenvalue weighted by molar-refractivity contribution is -0.132. The summed E-state index contributed by atoms with van der Waals surface area (Å²) in [6.07, 6.45) is 2.52. The van der Waals surface area contributed by atoms with Crippen LogP contribution in [0.25, 0.3) is 0 Å². The zero-order valence-corrected chi connectivity index (χ0v) is 12.9. The number of carbonyl (C=O) groups excluding carboxylic acids is 2. The van der Waals surface area contributed by atoms with E-state index in [0.29, 0.717) is 12.2 Å². The third kappa shape index (κ3) is 1.81. The molecular weight excluding hydrogens is 302 g/mol. The highest BCUT2D eigenvalue weighted by Gasteiger charge is 2.54. The third-order valence-corrected chi connectivity index (χ3v) is 5.31. The summed E-state index contributed by atoms with van der Waals surface area (Å²) < 4.78 is 5.13. The van der Waals surface area contributed by atoms with E-state index in [1.54, 1.807) is 24.3 Å². The van der Waals surface area contributed by atoms with Crippen molar-refractivity contribution in [3.8, 4) is 0 Å². The highest BCUT2D eigenvalue weighted by atomic mass is 32.1. The number of rotatable bonds is 2. The van der Waals surface area contributed by atoms with Gasteiger partial charge in [0.15, 0.2) is 5.76 Å². The second kappa shape index (κ2) is 4.67. The first kappa shape index (κ1) is 13.5. The zero-order valence-electron chi connectivity index (χ0n) is 12.1. The first-order chi connectivity index (χ1) is 10.6. The van der Waals surface area contributed by atoms with Gasteiger partial charge in [0.25, 0.3) is 5.91 Å². The van der Waals surface area contributed by atoms with Crippen molar-refractivity contribution in [2.24, 2.45) is 0 Å². The number of carbonyl (C=O) groups is 2. The number of nitrogens with zero attached hydrogens (tertiary/aromatic N) is 2. The maximum absolute atomic E-state index is 12.9. The molecule has 0 unspecified atom stereocenters. The largest absolute Gasteiger partial charge is 0.359 e. The summed E-state index contributed by atoms with van der Waals surface area (Å²) in [4.78, 5) is 27.7. The lowest BCUT2D eigenvalue weighted by Crippen LogP contribution is -2.45. The molecule has 6 nitrogen and oxygen atoms in total. The molecule has 1 atom stereocenters. The van der Waals surface area contributed by atoms with Crippen molar-refractivity contribution < 1.29 is 14.1 Å². The molecule has 1 fully saturated rings. The van der Waals surface area contributed by atoms with Crippen LogP contribution in [0.1, 0.15) is 34.7 Å². The summed E-state index contributed by atoms with van der Waals surface area (Å²) in [7, 11) is 0. The van der Waals surface area contributed by atoms with Gasteiger partial charge in [-0.05, 0) is 37.6 Å². The molecule has 1 N–H and O–H groups in total. The van der Waals surface area contributed by atoms with Crippen LogP contribution in [0.4, 0.5) is 4.79 Å². The smallest absolute Gasteiger partial charge is 0.325 e. The van der Waals surface area contributed by atoms with Crippen LogP contribution in [-0.4, -0.2) is 22.0 Å². The van der Waals surface area contributed by atoms with Gasteiger partial charge in [0.1, 0.15) is 5.54 Å². The van der Waals surface area contributed by atoms with Crippen molar-refractivity contribution in [2.75, 3.05) is 0 Å². The Bertz CT molecular complexity index is 766. The Hall–Kier alpha value is -2.15. The zero-order chi connectivity index (χ0) is 15.3. The molecule has 22 heavy (non-hydrogen) atoms. The first-order valence-corrected chi connectivity index (χ1v) is 8.11. The van der Waals surface area contributed by atoms with E-state index in [-0.39, 0.29) is 18.5 Å². The normalized spacial score (nSPS) is 24.0. The standard InChI is InChI=1S/C15H15N3O3S/c1-9-7-10(21-17-9)8-18-13(19)15(16-14(18)20)5-2-3-12-11(15)4-6-22-12/h4,6-7H,2-3,5,8H2,1H3,(H,16,20)/t15-/m1/s1. The first-order valence-electron chi connectivity index (χ1n) is 7.23. The average Bonchev–Trinajstić information content (AvgIpc) is 3.17. The van der Waals surface area contributed by atoms with Crippen LogP contribution in [0, 0.1) is 6.92 Å². The number of imide groups is 1. The van der Waals surface area contributed by atoms with Crippen LogP contribution >= 0.6 is 11.3 Å². The molecule has 3 amide bonds. The van der Waals surface area contributed by atoms with Gasteiger partial charge in [-0.3, -0.25) is 9.69 Å². The summed E-state index contributed by atoms with van der Waals surface area (Å²) >= 11 is 1.65. The Kier molecular flexibility index (Phi) is 2.87. The van der Waals surface area contributed by atoms with Crippen LogP contribution in [0.15, 0.2) is 22.0 Å². The fourth-order valence-electron chi connectivity index (χ4n) is 3.33. The molecule has 0 saturated carbocycles. The number of aromatic nitrogens is 1. The molecule has 4 rings (SSSR count). The molecule has 2 aromatic heterocycles. The summed E-state index contributed by atoms with van der Waals surface area (Å²) in [6.45, 7) is 1.92. The topological polar surface area (TPSA) is 75.4 Å². The Morgan fingerprint density at radius 1 is 1.50 bits per heavy atom. The highest BCUT2D eigenvalue weighted by Crippen LogP contribution is 2.42. The average molecular weight is 317 g/mol. The van der Waals surface area contributed by atoms with Crippen LogP contribution in [0.2, 0.25) is 0 Å². The van der Waals surface area contributed by atoms with Crippen LogP contribution in [-0.2, 0) is 23.3 Å². The van der Waals surface area contributed by atoms with E-state index < -0.39 is 5.54 Å². The molecular formula is C15H15N3O3S. The molecule has 114 valence electrons. The number of nitrogens with one attached hydrogen (secondary N) is 1. The van der Waals surface area contributed by atoms with E-state index in [9.17, 15) is 9.59 Å². The van der Waals surface area contributed by atoms with Crippen molar-refractivity contribution in [3.05, 3.63) is 39.4 Å². The lowest BCUT2D eigenvalue weighted by Gasteiger charge is -2.31. The molecule has 1 aliphatic carbocycles. The van der Waals surface area contributed by atoms with E-state index in [0.717, 1.165) is 24.1 Å². The Morgan fingerprint density at radius 2 is 2.36 bits per heavy atom. The van der Waals surface area contributed by atoms with Gasteiger partial charge in [-0.1, -0.05) is 5.16 Å². The number of fused-ring (bicyclic) bond motifs is 2. The SMILES string of the molecule is Cc1cc(CN2C(=O)N[C@@]3(CCCc4sccc43)C2=O)on1. The van der Waals surface area contributed by atoms with E-state index >= 15 is 0 Å². The van der Waals surface area contributed by atoms with Gasteiger partial charge in [-0.25, -0.2) is 4.79 Å². The maximum atomic E-state index is 12.9. The molecule has 2 aromatic rings. The monoisotopic (exact) mass is 317 g/mol. The second-order valence-electron chi connectivity index (χ2n) is 5.77. The molecule has 1 spiro atoms. The van der Waals surface area contributed by atoms with Gasteiger partial charge in [-0.2, -0.15) is 0 Å². The highest BCUT2D eigenvalue weighted by molar-refractivity contribution is 7.10. The van der Waals surface area contributed by atoms with Gasteiger partial charge < -0.3 is 9.84 Å². The quantitative estimate of drug-likeness (QED) is 0.863. The Labute approximate surface area is 131 Å². The minimum Gasteiger partial charge on any atom is -0.359 e. The van der Waals surface area contributed by atoms with E-state index in [2.05, 4.69) is 10.5 Å². The fraction of sp³-hybridized carbons (Fsp3) is 0.400. The van der Waals surface area contributed by atoms with E-state index in [1.807, 2.05) is 11.4 Å². The van der Waals surface area contributed by atoms with Gasteiger partial charge in [0, 0.05) is 16.5 Å². The number of amides is 3. The minimum atomic E-state index is -0.889. The summed E-state index contributed by atoms with van der Waals surface area (Å²) in [5.41, 5.74) is 0.799. The van der Waals surface area contributed by atoms with Crippen molar-refractivity contribution in [3.63, 3.8) is 0 Å². The summed E-state index contributed by atoms with van der Waals surface area (Å²) in [6, 6.07) is 3.33. The molecule has 0 radical (unpaired) electrons. The molecule has 7 heteroatoms. The molecule has 1 aliphatic heterocycles. The Balaban J connectivity index is 1.68. The van der Waals surface area contributed by atoms with E-state index in [1.165, 1.54) is 9.78 Å². The third-order valence-electron chi connectivity index (χ3n) is 4.33. The number of aryl methyl sites for hydroxylation is 2. The molecule has 3 heterocycles. The maximum Gasteiger partial charge on any atom is 0.325 e. The summed E-state index contributed by atoms with van der Waals surface area (Å²) in [5.74, 6) is 0.324. The van der Waals surface area contributed by atoms with Crippen molar-refractivity contribution in [1.82, 2.24) is 15.4 Å². The van der Waals surface area contributed by atoms with Gasteiger partial charge >= 0.3 is 6.03 Å². The molecule has 0 aromatic carbocycles. The molecule has 0 bridgehead atoms. The number of hydrogen-bond acceptors (Lipinski definition) is 5. The number of thiophene rings is 1. The van der Waals surface area contributed by atoms with Gasteiger partial charge in [0.2, 0.25) is 0 Å².